The van der Waals surface area contributed by atoms with E-state index < -0.39 is 0 Å². The van der Waals surface area contributed by atoms with Gasteiger partial charge in [0.1, 0.15) is 5.58 Å². The van der Waals surface area contributed by atoms with E-state index in [9.17, 15) is 0 Å². The molecule has 0 saturated heterocycles. The van der Waals surface area contributed by atoms with Gasteiger partial charge in [-0.3, -0.25) is 4.99 Å². The second kappa shape index (κ2) is 3.90. The molecule has 0 amide bonds. The molecular formula is C15H14N2OS. The Kier molecular flexibility index (Phi) is 2.30. The molecule has 2 aliphatic rings. The fraction of sp³-hybridized carbons (Fsp3) is 0.267. The minimum absolute atomic E-state index is 0.902. The van der Waals surface area contributed by atoms with Gasteiger partial charge >= 0.3 is 0 Å². The van der Waals surface area contributed by atoms with Crippen LogP contribution in [0.15, 0.2) is 38.8 Å². The van der Waals surface area contributed by atoms with Crippen LogP contribution in [-0.4, -0.2) is 23.2 Å². The van der Waals surface area contributed by atoms with Crippen molar-refractivity contribution in [2.45, 2.75) is 13.8 Å². The second-order valence-electron chi connectivity index (χ2n) is 4.97. The number of fused-ring (bicyclic) bond motifs is 2. The SMILES string of the molecule is CC1=C(c2cc(C)cc3occc23)N2CCN=C2S1. The first kappa shape index (κ1) is 11.2. The molecule has 4 rings (SSSR count). The lowest BCUT2D eigenvalue weighted by Gasteiger charge is -2.18. The number of hydrogen-bond acceptors (Lipinski definition) is 4. The summed E-state index contributed by atoms with van der Waals surface area (Å²) in [5.74, 6) is 0. The number of rotatable bonds is 1. The highest BCUT2D eigenvalue weighted by atomic mass is 32.2. The molecule has 3 nitrogen and oxygen atoms in total. The van der Waals surface area contributed by atoms with Crippen LogP contribution in [0.2, 0.25) is 0 Å². The molecule has 0 aliphatic carbocycles. The largest absolute Gasteiger partial charge is 0.464 e. The number of aliphatic imine (C=N–C) groups is 1. The van der Waals surface area contributed by atoms with Crippen LogP contribution in [-0.2, 0) is 0 Å². The van der Waals surface area contributed by atoms with Crippen LogP contribution < -0.4 is 0 Å². The van der Waals surface area contributed by atoms with Crippen LogP contribution in [0.3, 0.4) is 0 Å². The van der Waals surface area contributed by atoms with Crippen molar-refractivity contribution < 1.29 is 4.42 Å². The number of furan rings is 1. The first-order chi connectivity index (χ1) is 9.24. The lowest BCUT2D eigenvalue weighted by atomic mass is 10.0. The Morgan fingerprint density at radius 3 is 3.11 bits per heavy atom. The van der Waals surface area contributed by atoms with Gasteiger partial charge in [-0.25, -0.2) is 0 Å². The van der Waals surface area contributed by atoms with Crippen molar-refractivity contribution in [2.24, 2.45) is 4.99 Å². The van der Waals surface area contributed by atoms with Gasteiger partial charge in [0, 0.05) is 22.4 Å². The van der Waals surface area contributed by atoms with Crippen LogP contribution >= 0.6 is 11.8 Å². The summed E-state index contributed by atoms with van der Waals surface area (Å²) in [5.41, 5.74) is 4.76. The van der Waals surface area contributed by atoms with Crippen LogP contribution in [0, 0.1) is 6.92 Å². The zero-order valence-electron chi connectivity index (χ0n) is 10.9. The van der Waals surface area contributed by atoms with Gasteiger partial charge in [-0.15, -0.1) is 0 Å². The lowest BCUT2D eigenvalue weighted by molar-refractivity contribution is 0.615. The average Bonchev–Trinajstić information content (AvgIpc) is 3.02. The number of allylic oxidation sites excluding steroid dienone is 1. The molecule has 1 aromatic carbocycles. The summed E-state index contributed by atoms with van der Waals surface area (Å²) in [6.07, 6.45) is 1.77. The third-order valence-electron chi connectivity index (χ3n) is 3.62. The Labute approximate surface area is 116 Å². The summed E-state index contributed by atoms with van der Waals surface area (Å²) in [6, 6.07) is 6.40. The second-order valence-corrected chi connectivity index (χ2v) is 6.15. The lowest BCUT2D eigenvalue weighted by Crippen LogP contribution is -2.20. The fourth-order valence-corrected chi connectivity index (χ4v) is 3.88. The molecule has 0 unspecified atom stereocenters. The van der Waals surface area contributed by atoms with Gasteiger partial charge in [0.05, 0.1) is 18.5 Å². The maximum atomic E-state index is 5.57. The van der Waals surface area contributed by atoms with E-state index in [1.54, 1.807) is 18.0 Å². The monoisotopic (exact) mass is 270 g/mol. The molecule has 3 heterocycles. The van der Waals surface area contributed by atoms with Gasteiger partial charge in [0.15, 0.2) is 5.17 Å². The third-order valence-corrected chi connectivity index (χ3v) is 4.65. The van der Waals surface area contributed by atoms with E-state index in [1.807, 2.05) is 0 Å². The van der Waals surface area contributed by atoms with Crippen molar-refractivity contribution in [2.75, 3.05) is 13.1 Å². The number of benzene rings is 1. The van der Waals surface area contributed by atoms with E-state index in [0.29, 0.717) is 0 Å². The molecule has 0 radical (unpaired) electrons. The molecule has 19 heavy (non-hydrogen) atoms. The summed E-state index contributed by atoms with van der Waals surface area (Å²) >= 11 is 1.78. The van der Waals surface area contributed by atoms with E-state index in [0.717, 1.165) is 23.8 Å². The van der Waals surface area contributed by atoms with Gasteiger partial charge in [-0.1, -0.05) is 11.8 Å². The molecule has 0 bridgehead atoms. The highest BCUT2D eigenvalue weighted by Crippen LogP contribution is 2.43. The molecule has 1 aromatic heterocycles. The van der Waals surface area contributed by atoms with Crippen molar-refractivity contribution in [3.63, 3.8) is 0 Å². The summed E-state index contributed by atoms with van der Waals surface area (Å²) in [6.45, 7) is 6.18. The maximum Gasteiger partial charge on any atom is 0.168 e. The quantitative estimate of drug-likeness (QED) is 0.788. The molecular weight excluding hydrogens is 256 g/mol. The van der Waals surface area contributed by atoms with Crippen LogP contribution in [0.4, 0.5) is 0 Å². The summed E-state index contributed by atoms with van der Waals surface area (Å²) in [4.78, 5) is 8.21. The van der Waals surface area contributed by atoms with Crippen molar-refractivity contribution in [1.29, 1.82) is 0 Å². The highest BCUT2D eigenvalue weighted by molar-refractivity contribution is 8.17. The third kappa shape index (κ3) is 1.56. The minimum Gasteiger partial charge on any atom is -0.464 e. The van der Waals surface area contributed by atoms with Crippen LogP contribution in [0.5, 0.6) is 0 Å². The first-order valence-electron chi connectivity index (χ1n) is 6.43. The number of amidine groups is 1. The molecule has 2 aromatic rings. The van der Waals surface area contributed by atoms with Gasteiger partial charge < -0.3 is 9.32 Å². The zero-order valence-corrected chi connectivity index (χ0v) is 11.8. The van der Waals surface area contributed by atoms with Gasteiger partial charge in [0.2, 0.25) is 0 Å². The van der Waals surface area contributed by atoms with E-state index in [4.69, 9.17) is 4.42 Å². The Hall–Kier alpha value is -1.68. The average molecular weight is 270 g/mol. The van der Waals surface area contributed by atoms with Crippen LogP contribution in [0.25, 0.3) is 16.7 Å². The molecule has 4 heteroatoms. The molecule has 2 aliphatic heterocycles. The maximum absolute atomic E-state index is 5.57. The Bertz CT molecular complexity index is 742. The van der Waals surface area contributed by atoms with E-state index in [1.165, 1.54) is 27.1 Å². The van der Waals surface area contributed by atoms with Crippen molar-refractivity contribution in [3.05, 3.63) is 40.5 Å². The van der Waals surface area contributed by atoms with Gasteiger partial charge in [-0.05, 0) is 37.6 Å². The standard InChI is InChI=1S/C15H14N2OS/c1-9-7-12(11-3-6-18-13(11)8-9)14-10(2)19-15-16-4-5-17(14)15/h3,6-8H,4-5H2,1-2H3. The number of aryl methyl sites for hydroxylation is 1. The van der Waals surface area contributed by atoms with Crippen molar-refractivity contribution in [3.8, 4) is 0 Å². The topological polar surface area (TPSA) is 28.7 Å². The number of nitrogens with zero attached hydrogens (tertiary/aromatic N) is 2. The number of thioether (sulfide) groups is 1. The summed E-state index contributed by atoms with van der Waals surface area (Å²) in [7, 11) is 0. The van der Waals surface area contributed by atoms with Crippen LogP contribution in [0.1, 0.15) is 18.1 Å². The molecule has 0 fully saturated rings. The summed E-state index contributed by atoms with van der Waals surface area (Å²) < 4.78 is 5.57. The Balaban J connectivity index is 1.97. The predicted molar refractivity (Wildman–Crippen MR) is 80.1 cm³/mol. The van der Waals surface area contributed by atoms with Gasteiger partial charge in [-0.2, -0.15) is 0 Å². The van der Waals surface area contributed by atoms with Crippen molar-refractivity contribution >= 4 is 33.6 Å². The van der Waals surface area contributed by atoms with Crippen molar-refractivity contribution in [1.82, 2.24) is 4.90 Å². The molecule has 0 atom stereocenters. The van der Waals surface area contributed by atoms with E-state index in [-0.39, 0.29) is 0 Å². The molecule has 0 spiro atoms. The molecule has 96 valence electrons. The predicted octanol–water partition coefficient (Wildman–Crippen LogP) is 3.85. The Morgan fingerprint density at radius 1 is 1.32 bits per heavy atom. The van der Waals surface area contributed by atoms with Gasteiger partial charge in [0.25, 0.3) is 0 Å². The van der Waals surface area contributed by atoms with E-state index in [2.05, 4.69) is 41.9 Å². The Morgan fingerprint density at radius 2 is 2.21 bits per heavy atom. The number of hydrogen-bond donors (Lipinski definition) is 0. The summed E-state index contributed by atoms with van der Waals surface area (Å²) in [5, 5.41) is 2.33. The smallest absolute Gasteiger partial charge is 0.168 e. The normalized spacial score (nSPS) is 18.4. The zero-order chi connectivity index (χ0) is 13.0. The fourth-order valence-electron chi connectivity index (χ4n) is 2.84. The highest BCUT2D eigenvalue weighted by Gasteiger charge is 2.31. The molecule has 0 saturated carbocycles. The first-order valence-corrected chi connectivity index (χ1v) is 7.24. The molecule has 0 N–H and O–H groups in total. The van der Waals surface area contributed by atoms with E-state index >= 15 is 0 Å². The minimum atomic E-state index is 0.902.